The molecule has 3 nitrogen and oxygen atoms in total. The lowest BCUT2D eigenvalue weighted by Gasteiger charge is -1.95. The van der Waals surface area contributed by atoms with Crippen LogP contribution in [0, 0.1) is 0 Å². The third kappa shape index (κ3) is 4.36. The first-order valence-corrected chi connectivity index (χ1v) is 4.01. The van der Waals surface area contributed by atoms with Gasteiger partial charge in [0.2, 0.25) is 0 Å². The summed E-state index contributed by atoms with van der Waals surface area (Å²) in [5.41, 5.74) is 1.18. The van der Waals surface area contributed by atoms with Gasteiger partial charge in [-0.05, 0) is 19.3 Å². The predicted octanol–water partition coefficient (Wildman–Crippen LogP) is 1.54. The van der Waals surface area contributed by atoms with E-state index in [0.29, 0.717) is 6.61 Å². The third-order valence-electron chi connectivity index (χ3n) is 1.66. The minimum Gasteiger partial charge on any atom is -0.396 e. The molecule has 0 radical (unpaired) electrons. The van der Waals surface area contributed by atoms with E-state index in [1.54, 1.807) is 6.33 Å². The van der Waals surface area contributed by atoms with Crippen LogP contribution in [-0.4, -0.2) is 21.7 Å². The van der Waals surface area contributed by atoms with Crippen molar-refractivity contribution >= 4 is 12.4 Å². The molecule has 0 bridgehead atoms. The number of hydrogen-bond acceptors (Lipinski definition) is 2. The maximum atomic E-state index is 8.50. The van der Waals surface area contributed by atoms with Crippen LogP contribution in [0.2, 0.25) is 0 Å². The number of aromatic amines is 1. The number of hydrogen-bond donors (Lipinski definition) is 2. The van der Waals surface area contributed by atoms with Gasteiger partial charge in [-0.2, -0.15) is 0 Å². The van der Waals surface area contributed by atoms with Crippen molar-refractivity contribution < 1.29 is 5.11 Å². The van der Waals surface area contributed by atoms with Crippen LogP contribution in [0.3, 0.4) is 0 Å². The Morgan fingerprint density at radius 3 is 2.75 bits per heavy atom. The molecule has 1 aromatic rings. The molecule has 0 aliphatic rings. The van der Waals surface area contributed by atoms with Crippen LogP contribution in [0.4, 0.5) is 0 Å². The number of halogens is 1. The molecule has 0 aliphatic heterocycles. The van der Waals surface area contributed by atoms with E-state index in [4.69, 9.17) is 5.11 Å². The van der Waals surface area contributed by atoms with E-state index in [2.05, 4.69) is 9.97 Å². The summed E-state index contributed by atoms with van der Waals surface area (Å²) in [7, 11) is 0. The Balaban J connectivity index is 0.00000121. The third-order valence-corrected chi connectivity index (χ3v) is 1.66. The van der Waals surface area contributed by atoms with Gasteiger partial charge in [-0.15, -0.1) is 12.4 Å². The highest BCUT2D eigenvalue weighted by Gasteiger charge is 1.92. The molecule has 0 saturated heterocycles. The van der Waals surface area contributed by atoms with Crippen LogP contribution in [0.5, 0.6) is 0 Å². The fourth-order valence-corrected chi connectivity index (χ4v) is 1.03. The Morgan fingerprint density at radius 1 is 1.33 bits per heavy atom. The number of aliphatic hydroxyl groups is 1. The molecule has 0 fully saturated rings. The number of aromatic nitrogens is 2. The number of aryl methyl sites for hydroxylation is 1. The van der Waals surface area contributed by atoms with Gasteiger partial charge in [-0.1, -0.05) is 6.42 Å². The first-order valence-electron chi connectivity index (χ1n) is 4.01. The van der Waals surface area contributed by atoms with Crippen molar-refractivity contribution in [3.05, 3.63) is 18.2 Å². The first kappa shape index (κ1) is 11.5. The van der Waals surface area contributed by atoms with Gasteiger partial charge >= 0.3 is 0 Å². The second-order valence-electron chi connectivity index (χ2n) is 2.61. The summed E-state index contributed by atoms with van der Waals surface area (Å²) in [6, 6.07) is 0. The highest BCUT2D eigenvalue weighted by atomic mass is 35.5. The highest BCUT2D eigenvalue weighted by Crippen LogP contribution is 2.01. The quantitative estimate of drug-likeness (QED) is 0.692. The SMILES string of the molecule is Cl.OCCCCCc1cnc[nH]1. The van der Waals surface area contributed by atoms with Gasteiger partial charge in [0.05, 0.1) is 6.33 Å². The fourth-order valence-electron chi connectivity index (χ4n) is 1.03. The van der Waals surface area contributed by atoms with Crippen LogP contribution in [0.15, 0.2) is 12.5 Å². The Morgan fingerprint density at radius 2 is 2.17 bits per heavy atom. The van der Waals surface area contributed by atoms with Gasteiger partial charge in [0, 0.05) is 18.5 Å². The Kier molecular flexibility index (Phi) is 6.81. The lowest BCUT2D eigenvalue weighted by Crippen LogP contribution is -1.87. The fraction of sp³-hybridized carbons (Fsp3) is 0.625. The van der Waals surface area contributed by atoms with Crippen molar-refractivity contribution in [3.8, 4) is 0 Å². The van der Waals surface area contributed by atoms with E-state index >= 15 is 0 Å². The second-order valence-corrected chi connectivity index (χ2v) is 2.61. The number of imidazole rings is 1. The smallest absolute Gasteiger partial charge is 0.0921 e. The van der Waals surface area contributed by atoms with E-state index in [-0.39, 0.29) is 12.4 Å². The molecule has 1 heterocycles. The van der Waals surface area contributed by atoms with Crippen LogP contribution in [0.25, 0.3) is 0 Å². The summed E-state index contributed by atoms with van der Waals surface area (Å²) in [4.78, 5) is 6.96. The van der Waals surface area contributed by atoms with E-state index in [1.807, 2.05) is 6.20 Å². The average molecular weight is 191 g/mol. The molecule has 4 heteroatoms. The average Bonchev–Trinajstić information content (AvgIpc) is 2.50. The molecule has 0 saturated carbocycles. The molecule has 12 heavy (non-hydrogen) atoms. The summed E-state index contributed by atoms with van der Waals surface area (Å²) < 4.78 is 0. The predicted molar refractivity (Wildman–Crippen MR) is 50.5 cm³/mol. The number of H-pyrrole nitrogens is 1. The van der Waals surface area contributed by atoms with E-state index < -0.39 is 0 Å². The maximum absolute atomic E-state index is 8.50. The Bertz CT molecular complexity index is 177. The summed E-state index contributed by atoms with van der Waals surface area (Å²) in [6.07, 6.45) is 7.72. The molecule has 0 spiro atoms. The van der Waals surface area contributed by atoms with Crippen LogP contribution < -0.4 is 0 Å². The van der Waals surface area contributed by atoms with Gasteiger partial charge in [0.15, 0.2) is 0 Å². The molecule has 0 amide bonds. The van der Waals surface area contributed by atoms with E-state index in [9.17, 15) is 0 Å². The van der Waals surface area contributed by atoms with Crippen molar-refractivity contribution in [2.24, 2.45) is 0 Å². The number of unbranched alkanes of at least 4 members (excludes halogenated alkanes) is 2. The molecule has 70 valence electrons. The van der Waals surface area contributed by atoms with Gasteiger partial charge in [0.25, 0.3) is 0 Å². The minimum absolute atomic E-state index is 0. The number of rotatable bonds is 5. The minimum atomic E-state index is 0. The van der Waals surface area contributed by atoms with E-state index in [0.717, 1.165) is 25.7 Å². The highest BCUT2D eigenvalue weighted by molar-refractivity contribution is 5.85. The lowest BCUT2D eigenvalue weighted by molar-refractivity contribution is 0.283. The molecule has 1 rings (SSSR count). The molecular weight excluding hydrogens is 176 g/mol. The molecule has 1 aromatic heterocycles. The molecular formula is C8H15ClN2O. The molecule has 0 aliphatic carbocycles. The lowest BCUT2D eigenvalue weighted by atomic mass is 10.2. The molecule has 0 unspecified atom stereocenters. The number of nitrogens with one attached hydrogen (secondary N) is 1. The van der Waals surface area contributed by atoms with Crippen molar-refractivity contribution in [1.82, 2.24) is 9.97 Å². The van der Waals surface area contributed by atoms with Crippen LogP contribution in [0.1, 0.15) is 25.0 Å². The van der Waals surface area contributed by atoms with Crippen LogP contribution >= 0.6 is 12.4 Å². The van der Waals surface area contributed by atoms with Crippen LogP contribution in [-0.2, 0) is 6.42 Å². The van der Waals surface area contributed by atoms with Gasteiger partial charge < -0.3 is 10.1 Å². The van der Waals surface area contributed by atoms with Gasteiger partial charge in [-0.3, -0.25) is 0 Å². The van der Waals surface area contributed by atoms with Crippen molar-refractivity contribution in [2.75, 3.05) is 6.61 Å². The van der Waals surface area contributed by atoms with E-state index in [1.165, 1.54) is 5.69 Å². The van der Waals surface area contributed by atoms with Gasteiger partial charge in [0.1, 0.15) is 0 Å². The summed E-state index contributed by atoms with van der Waals surface area (Å²) in [6.45, 7) is 0.309. The zero-order chi connectivity index (χ0) is 7.94. The molecule has 2 N–H and O–H groups in total. The molecule has 0 atom stereocenters. The summed E-state index contributed by atoms with van der Waals surface area (Å²) >= 11 is 0. The first-order chi connectivity index (χ1) is 5.43. The zero-order valence-electron chi connectivity index (χ0n) is 6.99. The number of aliphatic hydroxyl groups excluding tert-OH is 1. The molecule has 0 aromatic carbocycles. The topological polar surface area (TPSA) is 48.9 Å². The summed E-state index contributed by atoms with van der Waals surface area (Å²) in [5.74, 6) is 0. The normalized spacial score (nSPS) is 9.42. The van der Waals surface area contributed by atoms with Gasteiger partial charge in [-0.25, -0.2) is 4.98 Å². The van der Waals surface area contributed by atoms with Crippen molar-refractivity contribution in [3.63, 3.8) is 0 Å². The Labute approximate surface area is 78.6 Å². The Hall–Kier alpha value is -0.540. The monoisotopic (exact) mass is 190 g/mol. The van der Waals surface area contributed by atoms with Crippen molar-refractivity contribution in [2.45, 2.75) is 25.7 Å². The standard InChI is InChI=1S/C8H14N2O.ClH/c11-5-3-1-2-4-8-6-9-7-10-8;/h6-7,11H,1-5H2,(H,9,10);1H. The van der Waals surface area contributed by atoms with Crippen molar-refractivity contribution in [1.29, 1.82) is 0 Å². The maximum Gasteiger partial charge on any atom is 0.0921 e. The number of nitrogens with zero attached hydrogens (tertiary/aromatic N) is 1. The zero-order valence-corrected chi connectivity index (χ0v) is 7.81. The summed E-state index contributed by atoms with van der Waals surface area (Å²) in [5, 5.41) is 8.50. The largest absolute Gasteiger partial charge is 0.396 e. The second kappa shape index (κ2) is 7.13.